The Bertz CT molecular complexity index is 2210. The molecule has 2 aromatic carbocycles. The van der Waals surface area contributed by atoms with Gasteiger partial charge >= 0.3 is 0 Å². The van der Waals surface area contributed by atoms with Gasteiger partial charge in [0, 0.05) is 80.4 Å². The number of fused-ring (bicyclic) bond motifs is 1. The summed E-state index contributed by atoms with van der Waals surface area (Å²) in [4.78, 5) is 71.9. The number of imide groups is 2. The number of nitrogens with one attached hydrogen (secondary N) is 2. The number of benzene rings is 2. The molecule has 15 nitrogen and oxygen atoms in total. The Morgan fingerprint density at radius 2 is 1.57 bits per heavy atom. The zero-order valence-corrected chi connectivity index (χ0v) is 33.7. The first-order valence-corrected chi connectivity index (χ1v) is 20.2. The van der Waals surface area contributed by atoms with Crippen molar-refractivity contribution in [1.29, 1.82) is 5.26 Å². The Hall–Kier alpha value is -5.59. The molecule has 16 heteroatoms. The van der Waals surface area contributed by atoms with Crippen molar-refractivity contribution in [2.75, 3.05) is 49.1 Å². The van der Waals surface area contributed by atoms with Gasteiger partial charge < -0.3 is 19.9 Å². The summed E-state index contributed by atoms with van der Waals surface area (Å²) in [6, 6.07) is 15.2. The van der Waals surface area contributed by atoms with Crippen LogP contribution in [-0.2, 0) is 9.59 Å². The highest BCUT2D eigenvalue weighted by Gasteiger charge is 2.64. The third kappa shape index (κ3) is 6.91. The van der Waals surface area contributed by atoms with E-state index < -0.39 is 40.5 Å². The zero-order chi connectivity index (χ0) is 41.1. The predicted molar refractivity (Wildman–Crippen MR) is 214 cm³/mol. The largest absolute Gasteiger partial charge is 0.489 e. The maximum Gasteiger partial charge on any atom is 0.272 e. The van der Waals surface area contributed by atoms with Gasteiger partial charge in [0.1, 0.15) is 24.0 Å². The third-order valence-corrected chi connectivity index (χ3v) is 13.0. The van der Waals surface area contributed by atoms with Gasteiger partial charge in [-0.3, -0.25) is 39.1 Å². The number of nitriles is 1. The van der Waals surface area contributed by atoms with Crippen LogP contribution in [0.2, 0.25) is 5.02 Å². The molecule has 3 saturated heterocycles. The van der Waals surface area contributed by atoms with E-state index in [-0.39, 0.29) is 42.2 Å². The van der Waals surface area contributed by atoms with Crippen molar-refractivity contribution >= 4 is 52.6 Å². The molecular formula is C42H46ClN9O6. The lowest BCUT2D eigenvalue weighted by molar-refractivity contribution is -0.164. The first kappa shape index (κ1) is 39.2. The van der Waals surface area contributed by atoms with Crippen molar-refractivity contribution in [2.24, 2.45) is 10.8 Å². The first-order chi connectivity index (χ1) is 27.7. The van der Waals surface area contributed by atoms with Gasteiger partial charge in [-0.1, -0.05) is 39.3 Å². The van der Waals surface area contributed by atoms with E-state index in [1.165, 1.54) is 0 Å². The highest BCUT2D eigenvalue weighted by atomic mass is 35.5. The van der Waals surface area contributed by atoms with Crippen LogP contribution >= 0.6 is 11.6 Å². The molecule has 4 fully saturated rings. The summed E-state index contributed by atoms with van der Waals surface area (Å²) in [6.07, 6.45) is 1.88. The van der Waals surface area contributed by atoms with Gasteiger partial charge in [0.05, 0.1) is 21.7 Å². The number of carbonyl (C=O) groups is 5. The maximum absolute atomic E-state index is 13.4. The number of rotatable bonds is 8. The Morgan fingerprint density at radius 1 is 0.862 bits per heavy atom. The van der Waals surface area contributed by atoms with Crippen molar-refractivity contribution in [1.82, 2.24) is 30.6 Å². The number of nitrogens with zero attached hydrogens (tertiary/aromatic N) is 7. The molecule has 3 aromatic rings. The lowest BCUT2D eigenvalue weighted by Gasteiger charge is -2.63. The second kappa shape index (κ2) is 15.0. The van der Waals surface area contributed by atoms with Crippen LogP contribution in [0.25, 0.3) is 0 Å². The van der Waals surface area contributed by atoms with E-state index in [1.54, 1.807) is 36.4 Å². The molecule has 5 aliphatic rings. The minimum Gasteiger partial charge on any atom is -0.489 e. The molecule has 4 aliphatic heterocycles. The summed E-state index contributed by atoms with van der Waals surface area (Å²) in [5.41, 5.74) is 1.26. The van der Waals surface area contributed by atoms with Crippen molar-refractivity contribution in [2.45, 2.75) is 77.6 Å². The highest BCUT2D eigenvalue weighted by molar-refractivity contribution is 6.31. The van der Waals surface area contributed by atoms with Crippen molar-refractivity contribution in [3.8, 4) is 11.8 Å². The number of hydrogen-bond acceptors (Lipinski definition) is 12. The molecule has 5 amide bonds. The Morgan fingerprint density at radius 3 is 2.21 bits per heavy atom. The molecule has 1 aliphatic carbocycles. The van der Waals surface area contributed by atoms with Gasteiger partial charge in [0.25, 0.3) is 17.7 Å². The molecule has 5 heterocycles. The third-order valence-electron chi connectivity index (χ3n) is 12.7. The number of carbonyl (C=O) groups excluding carboxylic acids is 5. The summed E-state index contributed by atoms with van der Waals surface area (Å²) in [7, 11) is 0. The fourth-order valence-corrected chi connectivity index (χ4v) is 10.1. The molecule has 8 rings (SSSR count). The van der Waals surface area contributed by atoms with Crippen LogP contribution in [0.5, 0.6) is 5.75 Å². The molecule has 1 unspecified atom stereocenters. The van der Waals surface area contributed by atoms with E-state index in [9.17, 15) is 29.2 Å². The van der Waals surface area contributed by atoms with Gasteiger partial charge in [-0.05, 0) is 61.7 Å². The summed E-state index contributed by atoms with van der Waals surface area (Å²) in [5, 5.41) is 23.7. The Labute approximate surface area is 341 Å². The van der Waals surface area contributed by atoms with Crippen molar-refractivity contribution < 1.29 is 28.7 Å². The Balaban J connectivity index is 0.811. The lowest BCUT2D eigenvalue weighted by Crippen LogP contribution is -2.74. The van der Waals surface area contributed by atoms with Crippen LogP contribution in [0.4, 0.5) is 11.5 Å². The van der Waals surface area contributed by atoms with E-state index in [4.69, 9.17) is 16.3 Å². The second-order valence-electron chi connectivity index (χ2n) is 17.0. The normalized spacial score (nSPS) is 24.5. The minimum atomic E-state index is -0.986. The van der Waals surface area contributed by atoms with Crippen LogP contribution in [0.1, 0.15) is 90.1 Å². The minimum absolute atomic E-state index is 0.0820. The van der Waals surface area contributed by atoms with Gasteiger partial charge in [-0.2, -0.15) is 5.26 Å². The van der Waals surface area contributed by atoms with Crippen LogP contribution in [0.15, 0.2) is 48.5 Å². The average Bonchev–Trinajstić information content (AvgIpc) is 3.46. The van der Waals surface area contributed by atoms with Gasteiger partial charge in [0.2, 0.25) is 11.8 Å². The zero-order valence-electron chi connectivity index (χ0n) is 33.0. The number of piperidine rings is 2. The van der Waals surface area contributed by atoms with E-state index in [0.717, 1.165) is 68.5 Å². The van der Waals surface area contributed by atoms with Crippen LogP contribution < -0.4 is 25.2 Å². The molecule has 2 N–H and O–H groups in total. The topological polar surface area (TPSA) is 181 Å². The number of aromatic nitrogens is 2. The van der Waals surface area contributed by atoms with Gasteiger partial charge in [-0.25, -0.2) is 0 Å². The van der Waals surface area contributed by atoms with E-state index >= 15 is 0 Å². The SMILES string of the molecule is CC1(C)[C@H](NC(=O)c2ccc(N3CCN(C4CCN(c5ccc6c(c5)C(=O)N(C5CCC(=O)NC5=O)C6=O)CC4)CC3)nn2)C(C)(C)[C@H]1Oc1ccc(C#N)c(Cl)c1. The van der Waals surface area contributed by atoms with E-state index in [1.807, 2.05) is 12.1 Å². The monoisotopic (exact) mass is 807 g/mol. The van der Waals surface area contributed by atoms with E-state index in [2.05, 4.69) is 69.3 Å². The lowest BCUT2D eigenvalue weighted by atomic mass is 9.49. The first-order valence-electron chi connectivity index (χ1n) is 19.8. The van der Waals surface area contributed by atoms with Crippen molar-refractivity contribution in [3.05, 3.63) is 75.9 Å². The quantitative estimate of drug-likeness (QED) is 0.315. The van der Waals surface area contributed by atoms with Crippen molar-refractivity contribution in [3.63, 3.8) is 0 Å². The molecule has 0 radical (unpaired) electrons. The number of ether oxygens (including phenoxy) is 1. The van der Waals surface area contributed by atoms with Crippen LogP contribution in [-0.4, -0.2) is 113 Å². The number of hydrogen-bond donors (Lipinski definition) is 2. The summed E-state index contributed by atoms with van der Waals surface area (Å²) < 4.78 is 6.35. The molecule has 302 valence electrons. The van der Waals surface area contributed by atoms with E-state index in [0.29, 0.717) is 27.9 Å². The summed E-state index contributed by atoms with van der Waals surface area (Å²) in [6.45, 7) is 13.1. The summed E-state index contributed by atoms with van der Waals surface area (Å²) >= 11 is 6.24. The van der Waals surface area contributed by atoms with Gasteiger partial charge in [0.15, 0.2) is 11.5 Å². The molecule has 1 saturated carbocycles. The number of piperazine rings is 1. The smallest absolute Gasteiger partial charge is 0.272 e. The molecule has 1 atom stereocenters. The average molecular weight is 808 g/mol. The van der Waals surface area contributed by atoms with Crippen LogP contribution in [0.3, 0.4) is 0 Å². The number of anilines is 2. The predicted octanol–water partition coefficient (Wildman–Crippen LogP) is 3.81. The summed E-state index contributed by atoms with van der Waals surface area (Å²) in [5.74, 6) is -1.01. The molecule has 0 spiro atoms. The molecule has 1 aromatic heterocycles. The number of amides is 5. The fraction of sp³-hybridized carbons (Fsp3) is 0.476. The van der Waals surface area contributed by atoms with Crippen LogP contribution in [0, 0.1) is 22.2 Å². The highest BCUT2D eigenvalue weighted by Crippen LogP contribution is 2.55. The fourth-order valence-electron chi connectivity index (χ4n) is 9.88. The Kier molecular flexibility index (Phi) is 10.1. The van der Waals surface area contributed by atoms with Gasteiger partial charge in [-0.15, -0.1) is 10.2 Å². The maximum atomic E-state index is 13.4. The molecule has 0 bridgehead atoms. The second-order valence-corrected chi connectivity index (χ2v) is 17.4. The molecule has 58 heavy (non-hydrogen) atoms. The number of halogens is 1. The molecular weight excluding hydrogens is 762 g/mol. The standard InChI is InChI=1S/C42H46ClN9O6/c1-41(2)39(42(3,4)40(41)58-27-7-5-24(23-44)30(43)22-27)46-35(54)31-9-11-33(48-47-31)51-19-17-50(18-20-51)25-13-15-49(16-14-25)26-6-8-28-29(21-26)38(57)52(37(28)56)32-10-12-34(53)45-36(32)55/h5-9,11,21-22,25,32,39-40H,10,12-20H2,1-4H3,(H,46,54)(H,45,53,55)/t32?,39-,40-.